The number of nitrogens with two attached hydrogens (primary N) is 1. The van der Waals surface area contributed by atoms with Crippen LogP contribution in [0.2, 0.25) is 5.02 Å². The number of aromatic nitrogens is 5. The first-order valence-electron chi connectivity index (χ1n) is 9.94. The minimum atomic E-state index is 0.0918. The molecule has 4 rings (SSSR count). The van der Waals surface area contributed by atoms with Gasteiger partial charge in [-0.05, 0) is 35.2 Å². The van der Waals surface area contributed by atoms with Gasteiger partial charge in [0.05, 0.1) is 10.8 Å². The van der Waals surface area contributed by atoms with Gasteiger partial charge < -0.3 is 15.1 Å². The minimum Gasteiger partial charge on any atom is -0.486 e. The summed E-state index contributed by atoms with van der Waals surface area (Å²) in [7, 11) is 0. The third kappa shape index (κ3) is 5.05. The van der Waals surface area contributed by atoms with Crippen molar-refractivity contribution in [2.45, 2.75) is 43.7 Å². The molecule has 4 aromatic rings. The monoisotopic (exact) mass is 470 g/mol. The number of thioether (sulfide) groups is 1. The Morgan fingerprint density at radius 3 is 2.56 bits per heavy atom. The van der Waals surface area contributed by atoms with Gasteiger partial charge in [-0.15, -0.1) is 10.2 Å². The highest BCUT2D eigenvalue weighted by molar-refractivity contribution is 7.98. The van der Waals surface area contributed by atoms with Crippen LogP contribution in [0.15, 0.2) is 58.2 Å². The average molecular weight is 471 g/mol. The molecule has 2 aromatic carbocycles. The Morgan fingerprint density at radius 2 is 1.84 bits per heavy atom. The largest absolute Gasteiger partial charge is 0.486 e. The quantitative estimate of drug-likeness (QED) is 0.301. The van der Waals surface area contributed by atoms with Crippen LogP contribution in [0.5, 0.6) is 5.75 Å². The predicted molar refractivity (Wildman–Crippen MR) is 124 cm³/mol. The van der Waals surface area contributed by atoms with Crippen molar-refractivity contribution in [3.63, 3.8) is 0 Å². The molecule has 0 saturated heterocycles. The second-order valence-corrected chi connectivity index (χ2v) is 9.46. The second kappa shape index (κ2) is 9.22. The highest BCUT2D eigenvalue weighted by Crippen LogP contribution is 2.27. The van der Waals surface area contributed by atoms with Gasteiger partial charge in [0.15, 0.2) is 5.82 Å². The van der Waals surface area contributed by atoms with Gasteiger partial charge >= 0.3 is 0 Å². The number of hydrogen-bond acceptors (Lipinski definition) is 8. The lowest BCUT2D eigenvalue weighted by Gasteiger charge is -2.19. The van der Waals surface area contributed by atoms with Crippen LogP contribution in [0.3, 0.4) is 0 Å². The molecule has 32 heavy (non-hydrogen) atoms. The summed E-state index contributed by atoms with van der Waals surface area (Å²) in [5.74, 6) is 8.65. The Balaban J connectivity index is 1.35. The molecule has 2 heterocycles. The van der Waals surface area contributed by atoms with Crippen LogP contribution in [0.25, 0.3) is 11.4 Å². The molecular weight excluding hydrogens is 448 g/mol. The SMILES string of the molecule is CC(C)(C)c1ccc(OCc2nnc(SCc3nc(-c4ccccc4Cl)no3)n2N)cc1. The predicted octanol–water partition coefficient (Wildman–Crippen LogP) is 4.86. The normalized spacial score (nSPS) is 11.6. The van der Waals surface area contributed by atoms with E-state index in [1.54, 1.807) is 6.07 Å². The van der Waals surface area contributed by atoms with E-state index < -0.39 is 0 Å². The number of rotatable bonds is 7. The number of nitrogen functional groups attached to an aromatic ring is 1. The van der Waals surface area contributed by atoms with E-state index in [-0.39, 0.29) is 12.0 Å². The van der Waals surface area contributed by atoms with Crippen LogP contribution < -0.4 is 10.6 Å². The molecule has 0 amide bonds. The Kier molecular flexibility index (Phi) is 6.38. The van der Waals surface area contributed by atoms with Gasteiger partial charge in [0.25, 0.3) is 0 Å². The highest BCUT2D eigenvalue weighted by Gasteiger charge is 2.16. The summed E-state index contributed by atoms with van der Waals surface area (Å²) < 4.78 is 12.5. The summed E-state index contributed by atoms with van der Waals surface area (Å²) in [5.41, 5.74) is 2.05. The fraction of sp³-hybridized carbons (Fsp3) is 0.273. The van der Waals surface area contributed by atoms with E-state index in [4.69, 9.17) is 26.7 Å². The highest BCUT2D eigenvalue weighted by atomic mass is 35.5. The molecule has 8 nitrogen and oxygen atoms in total. The van der Waals surface area contributed by atoms with Crippen LogP contribution >= 0.6 is 23.4 Å². The van der Waals surface area contributed by atoms with Gasteiger partial charge in [-0.25, -0.2) is 4.68 Å². The minimum absolute atomic E-state index is 0.0918. The molecule has 0 radical (unpaired) electrons. The van der Waals surface area contributed by atoms with E-state index in [0.29, 0.717) is 39.0 Å². The molecule has 166 valence electrons. The third-order valence-electron chi connectivity index (χ3n) is 4.73. The van der Waals surface area contributed by atoms with E-state index in [9.17, 15) is 0 Å². The first-order chi connectivity index (χ1) is 15.3. The molecule has 0 fully saturated rings. The molecule has 2 N–H and O–H groups in total. The Labute approximate surface area is 195 Å². The van der Waals surface area contributed by atoms with Gasteiger partial charge in [-0.3, -0.25) is 0 Å². The lowest BCUT2D eigenvalue weighted by Crippen LogP contribution is -2.16. The van der Waals surface area contributed by atoms with E-state index in [0.717, 1.165) is 5.75 Å². The number of halogens is 1. The Morgan fingerprint density at radius 1 is 1.09 bits per heavy atom. The second-order valence-electron chi connectivity index (χ2n) is 8.11. The molecule has 2 aromatic heterocycles. The zero-order valence-corrected chi connectivity index (χ0v) is 19.5. The molecule has 0 aliphatic carbocycles. The molecule has 10 heteroatoms. The van der Waals surface area contributed by atoms with Crippen molar-refractivity contribution in [1.82, 2.24) is 25.0 Å². The van der Waals surface area contributed by atoms with E-state index in [1.165, 1.54) is 22.0 Å². The molecule has 0 aliphatic heterocycles. The van der Waals surface area contributed by atoms with Gasteiger partial charge in [0.2, 0.25) is 16.9 Å². The summed E-state index contributed by atoms with van der Waals surface area (Å²) >= 11 is 7.53. The molecular formula is C22H23ClN6O2S. The Bertz CT molecular complexity index is 1200. The summed E-state index contributed by atoms with van der Waals surface area (Å²) in [6, 6.07) is 15.3. The summed E-state index contributed by atoms with van der Waals surface area (Å²) in [6.45, 7) is 6.72. The number of ether oxygens (including phenoxy) is 1. The summed E-state index contributed by atoms with van der Waals surface area (Å²) in [5, 5.41) is 13.3. The molecule has 0 spiro atoms. The molecule has 0 bridgehead atoms. The van der Waals surface area contributed by atoms with Crippen LogP contribution in [0, 0.1) is 0 Å². The molecule has 0 saturated carbocycles. The van der Waals surface area contributed by atoms with Crippen molar-refractivity contribution in [3.8, 4) is 17.1 Å². The van der Waals surface area contributed by atoms with E-state index in [2.05, 4.69) is 53.2 Å². The molecule has 0 atom stereocenters. The standard InChI is InChI=1S/C22H23ClN6O2S/c1-22(2,3)14-8-10-15(11-9-14)30-12-18-26-27-21(29(18)24)32-13-19-25-20(28-31-19)16-6-4-5-7-17(16)23/h4-11H,12-13,24H2,1-3H3. The van der Waals surface area contributed by atoms with Crippen molar-refractivity contribution in [2.24, 2.45) is 0 Å². The van der Waals surface area contributed by atoms with Crippen LogP contribution in [0.4, 0.5) is 0 Å². The van der Waals surface area contributed by atoms with Crippen molar-refractivity contribution in [2.75, 3.05) is 5.84 Å². The molecule has 0 unspecified atom stereocenters. The van der Waals surface area contributed by atoms with E-state index >= 15 is 0 Å². The maximum Gasteiger partial charge on any atom is 0.237 e. The Hall–Kier alpha value is -3.04. The van der Waals surface area contributed by atoms with Gasteiger partial charge in [0, 0.05) is 5.56 Å². The van der Waals surface area contributed by atoms with Crippen molar-refractivity contribution >= 4 is 23.4 Å². The first kappa shape index (κ1) is 22.2. The summed E-state index contributed by atoms with van der Waals surface area (Å²) in [6.07, 6.45) is 0. The van der Waals surface area contributed by atoms with Crippen molar-refractivity contribution in [1.29, 1.82) is 0 Å². The topological polar surface area (TPSA) is 105 Å². The average Bonchev–Trinajstić information content (AvgIpc) is 3.37. The lowest BCUT2D eigenvalue weighted by molar-refractivity contribution is 0.291. The third-order valence-corrected chi connectivity index (χ3v) is 5.99. The zero-order valence-electron chi connectivity index (χ0n) is 17.9. The maximum absolute atomic E-state index is 6.19. The fourth-order valence-corrected chi connectivity index (χ4v) is 3.83. The van der Waals surface area contributed by atoms with E-state index in [1.807, 2.05) is 30.3 Å². The van der Waals surface area contributed by atoms with Crippen LogP contribution in [0.1, 0.15) is 38.0 Å². The van der Waals surface area contributed by atoms with Crippen molar-refractivity contribution < 1.29 is 9.26 Å². The number of hydrogen-bond donors (Lipinski definition) is 1. The fourth-order valence-electron chi connectivity index (χ4n) is 2.89. The zero-order chi connectivity index (χ0) is 22.7. The lowest BCUT2D eigenvalue weighted by atomic mass is 9.87. The maximum atomic E-state index is 6.19. The van der Waals surface area contributed by atoms with Gasteiger partial charge in [-0.2, -0.15) is 4.98 Å². The molecule has 0 aliphatic rings. The first-order valence-corrected chi connectivity index (χ1v) is 11.3. The van der Waals surface area contributed by atoms with Crippen LogP contribution in [-0.2, 0) is 17.8 Å². The number of nitrogens with zero attached hydrogens (tertiary/aromatic N) is 5. The van der Waals surface area contributed by atoms with Gasteiger partial charge in [0.1, 0.15) is 12.4 Å². The number of benzene rings is 2. The van der Waals surface area contributed by atoms with Crippen LogP contribution in [-0.4, -0.2) is 25.0 Å². The summed E-state index contributed by atoms with van der Waals surface area (Å²) in [4.78, 5) is 4.39. The smallest absolute Gasteiger partial charge is 0.237 e. The van der Waals surface area contributed by atoms with Crippen molar-refractivity contribution in [3.05, 3.63) is 70.8 Å². The van der Waals surface area contributed by atoms with Gasteiger partial charge in [-0.1, -0.05) is 73.6 Å².